The van der Waals surface area contributed by atoms with Crippen molar-refractivity contribution >= 4 is 22.5 Å². The van der Waals surface area contributed by atoms with Crippen molar-refractivity contribution in [3.63, 3.8) is 0 Å². The zero-order valence-corrected chi connectivity index (χ0v) is 17.8. The molecule has 0 atom stereocenters. The van der Waals surface area contributed by atoms with E-state index in [9.17, 15) is 4.79 Å². The lowest BCUT2D eigenvalue weighted by Gasteiger charge is -2.27. The molecule has 1 saturated heterocycles. The van der Waals surface area contributed by atoms with Crippen molar-refractivity contribution in [1.82, 2.24) is 25.1 Å². The van der Waals surface area contributed by atoms with Crippen LogP contribution in [-0.2, 0) is 0 Å². The number of fused-ring (bicyclic) bond motifs is 1. The summed E-state index contributed by atoms with van der Waals surface area (Å²) in [5.74, 6) is 0.457. The van der Waals surface area contributed by atoms with E-state index in [1.54, 1.807) is 30.5 Å². The van der Waals surface area contributed by atoms with Crippen molar-refractivity contribution in [3.05, 3.63) is 75.3 Å². The Kier molecular flexibility index (Phi) is 4.92. The van der Waals surface area contributed by atoms with Crippen LogP contribution in [-0.4, -0.2) is 38.9 Å². The number of hydrogen-bond donors (Lipinski definition) is 1. The molecule has 0 bridgehead atoms. The molecular formula is C23H20ClN5O2. The zero-order chi connectivity index (χ0) is 21.5. The number of aromatic nitrogens is 4. The van der Waals surface area contributed by atoms with E-state index >= 15 is 0 Å². The summed E-state index contributed by atoms with van der Waals surface area (Å²) in [4.78, 5) is 22.3. The van der Waals surface area contributed by atoms with Gasteiger partial charge in [-0.1, -0.05) is 23.7 Å². The van der Waals surface area contributed by atoms with Gasteiger partial charge in [-0.15, -0.1) is 0 Å². The van der Waals surface area contributed by atoms with E-state index in [1.165, 1.54) is 4.68 Å². The van der Waals surface area contributed by atoms with Crippen molar-refractivity contribution < 1.29 is 4.74 Å². The lowest BCUT2D eigenvalue weighted by molar-refractivity contribution is 0.136. The topological polar surface area (TPSA) is 81.9 Å². The number of halogens is 1. The van der Waals surface area contributed by atoms with Gasteiger partial charge in [-0.25, -0.2) is 9.97 Å². The van der Waals surface area contributed by atoms with Crippen molar-refractivity contribution in [2.45, 2.75) is 20.0 Å². The van der Waals surface area contributed by atoms with E-state index in [2.05, 4.69) is 15.3 Å². The molecule has 4 heterocycles. The molecule has 0 radical (unpaired) electrons. The van der Waals surface area contributed by atoms with Crippen molar-refractivity contribution in [3.8, 4) is 22.8 Å². The van der Waals surface area contributed by atoms with Crippen LogP contribution in [0.4, 0.5) is 0 Å². The summed E-state index contributed by atoms with van der Waals surface area (Å²) in [6.45, 7) is 5.43. The second kappa shape index (κ2) is 7.76. The smallest absolute Gasteiger partial charge is 0.298 e. The fourth-order valence-corrected chi connectivity index (χ4v) is 3.58. The Morgan fingerprint density at radius 1 is 1.13 bits per heavy atom. The Balaban J connectivity index is 1.72. The minimum Gasteiger partial charge on any atom is -0.472 e. The third-order valence-electron chi connectivity index (χ3n) is 5.43. The summed E-state index contributed by atoms with van der Waals surface area (Å²) in [7, 11) is 0. The number of rotatable bonds is 4. The van der Waals surface area contributed by atoms with Crippen LogP contribution in [0.3, 0.4) is 0 Å². The summed E-state index contributed by atoms with van der Waals surface area (Å²) < 4.78 is 7.22. The number of ether oxygens (including phenoxy) is 1. The Bertz CT molecular complexity index is 1350. The highest BCUT2D eigenvalue weighted by Crippen LogP contribution is 2.27. The first-order valence-corrected chi connectivity index (χ1v) is 10.4. The van der Waals surface area contributed by atoms with Gasteiger partial charge < -0.3 is 10.1 Å². The maximum absolute atomic E-state index is 13.4. The largest absolute Gasteiger partial charge is 0.472 e. The Hall–Kier alpha value is -3.29. The van der Waals surface area contributed by atoms with Gasteiger partial charge in [0.2, 0.25) is 5.88 Å². The van der Waals surface area contributed by atoms with Crippen LogP contribution in [0.5, 0.6) is 5.88 Å². The van der Waals surface area contributed by atoms with E-state index in [1.807, 2.05) is 32.0 Å². The lowest BCUT2D eigenvalue weighted by Crippen LogP contribution is -2.50. The Labute approximate surface area is 183 Å². The average molecular weight is 434 g/mol. The highest BCUT2D eigenvalue weighted by atomic mass is 35.5. The molecule has 0 aliphatic carbocycles. The number of hydrogen-bond acceptors (Lipinski definition) is 6. The van der Waals surface area contributed by atoms with Gasteiger partial charge in [-0.05, 0) is 43.7 Å². The van der Waals surface area contributed by atoms with Crippen LogP contribution in [0.1, 0.15) is 11.3 Å². The van der Waals surface area contributed by atoms with Gasteiger partial charge in [0.25, 0.3) is 5.56 Å². The van der Waals surface area contributed by atoms with Gasteiger partial charge in [-0.2, -0.15) is 9.78 Å². The van der Waals surface area contributed by atoms with Crippen LogP contribution in [0.2, 0.25) is 5.02 Å². The molecule has 156 valence electrons. The quantitative estimate of drug-likeness (QED) is 0.530. The fourth-order valence-electron chi connectivity index (χ4n) is 3.46. The first kappa shape index (κ1) is 19.7. The number of nitrogens with one attached hydrogen (secondary N) is 1. The van der Waals surface area contributed by atoms with Gasteiger partial charge in [0.05, 0.1) is 5.69 Å². The highest BCUT2D eigenvalue weighted by Gasteiger charge is 2.20. The van der Waals surface area contributed by atoms with Crippen LogP contribution < -0.4 is 15.6 Å². The molecule has 1 aliphatic rings. The Morgan fingerprint density at radius 2 is 1.90 bits per heavy atom. The molecule has 5 rings (SSSR count). The average Bonchev–Trinajstić information content (AvgIpc) is 2.74. The molecule has 3 aromatic heterocycles. The zero-order valence-electron chi connectivity index (χ0n) is 17.1. The summed E-state index contributed by atoms with van der Waals surface area (Å²) in [5, 5.41) is 9.22. The second-order valence-corrected chi connectivity index (χ2v) is 8.05. The van der Waals surface area contributed by atoms with Crippen LogP contribution >= 0.6 is 11.6 Å². The van der Waals surface area contributed by atoms with Gasteiger partial charge in [-0.3, -0.25) is 4.79 Å². The SMILES string of the molecule is Cc1cc2c(-c3ccc(Cl)cc3)nn(-c3ccnc(OC4CNC4)c3)c(=O)c2nc1C. The van der Waals surface area contributed by atoms with Crippen molar-refractivity contribution in [2.24, 2.45) is 0 Å². The standard InChI is InChI=1S/C23H20ClN5O2/c1-13-9-19-21(15-3-5-16(24)6-4-15)28-29(23(30)22(19)27-14(13)2)17-7-8-26-20(10-17)31-18-11-25-12-18/h3-10,18,25H,11-12H2,1-2H3. The van der Waals surface area contributed by atoms with E-state index in [4.69, 9.17) is 21.4 Å². The minimum absolute atomic E-state index is 0.0842. The van der Waals surface area contributed by atoms with Gasteiger partial charge in [0.15, 0.2) is 0 Å². The van der Waals surface area contributed by atoms with Gasteiger partial charge >= 0.3 is 0 Å². The molecule has 0 unspecified atom stereocenters. The molecule has 1 fully saturated rings. The third-order valence-corrected chi connectivity index (χ3v) is 5.68. The third kappa shape index (κ3) is 3.66. The van der Waals surface area contributed by atoms with Crippen LogP contribution in [0.25, 0.3) is 27.8 Å². The molecule has 7 nitrogen and oxygen atoms in total. The molecular weight excluding hydrogens is 414 g/mol. The predicted octanol–water partition coefficient (Wildman–Crippen LogP) is 3.46. The summed E-state index contributed by atoms with van der Waals surface area (Å²) in [5.41, 5.74) is 3.95. The fraction of sp³-hybridized carbons (Fsp3) is 0.217. The van der Waals surface area contributed by atoms with E-state index < -0.39 is 0 Å². The second-order valence-electron chi connectivity index (χ2n) is 7.61. The molecule has 0 amide bonds. The van der Waals surface area contributed by atoms with Crippen LogP contribution in [0.15, 0.2) is 53.5 Å². The normalized spacial score (nSPS) is 13.9. The highest BCUT2D eigenvalue weighted by molar-refractivity contribution is 6.30. The maximum Gasteiger partial charge on any atom is 0.298 e. The molecule has 4 aromatic rings. The number of aryl methyl sites for hydroxylation is 2. The van der Waals surface area contributed by atoms with Gasteiger partial charge in [0, 0.05) is 47.0 Å². The Morgan fingerprint density at radius 3 is 2.61 bits per heavy atom. The molecule has 1 aliphatic heterocycles. The summed E-state index contributed by atoms with van der Waals surface area (Å²) in [6, 6.07) is 12.8. The molecule has 1 aromatic carbocycles. The molecule has 1 N–H and O–H groups in total. The van der Waals surface area contributed by atoms with Gasteiger partial charge in [0.1, 0.15) is 17.3 Å². The predicted molar refractivity (Wildman–Crippen MR) is 120 cm³/mol. The minimum atomic E-state index is -0.293. The summed E-state index contributed by atoms with van der Waals surface area (Å²) >= 11 is 6.08. The first-order chi connectivity index (χ1) is 15.0. The van der Waals surface area contributed by atoms with Crippen molar-refractivity contribution in [2.75, 3.05) is 13.1 Å². The first-order valence-electron chi connectivity index (χ1n) is 10.0. The molecule has 0 spiro atoms. The lowest BCUT2D eigenvalue weighted by atomic mass is 10.1. The van der Waals surface area contributed by atoms with E-state index in [-0.39, 0.29) is 11.7 Å². The maximum atomic E-state index is 13.4. The van der Waals surface area contributed by atoms with Crippen LogP contribution in [0, 0.1) is 13.8 Å². The molecule has 8 heteroatoms. The number of pyridine rings is 2. The number of nitrogens with zero attached hydrogens (tertiary/aromatic N) is 4. The van der Waals surface area contributed by atoms with E-state index in [0.29, 0.717) is 33.2 Å². The summed E-state index contributed by atoms with van der Waals surface area (Å²) in [6.07, 6.45) is 1.70. The molecule has 31 heavy (non-hydrogen) atoms. The monoisotopic (exact) mass is 433 g/mol. The number of benzene rings is 1. The van der Waals surface area contributed by atoms with E-state index in [0.717, 1.165) is 29.9 Å². The van der Waals surface area contributed by atoms with Crippen molar-refractivity contribution in [1.29, 1.82) is 0 Å². The molecule has 0 saturated carbocycles.